The first-order valence-corrected chi connectivity index (χ1v) is 10.6. The van der Waals surface area contributed by atoms with Gasteiger partial charge in [0, 0.05) is 31.4 Å². The van der Waals surface area contributed by atoms with Crippen molar-refractivity contribution in [3.05, 3.63) is 0 Å². The Morgan fingerprint density at radius 1 is 1.24 bits per heavy atom. The largest absolute Gasteiger partial charge is 0.393 e. The summed E-state index contributed by atoms with van der Waals surface area (Å²) in [5, 5.41) is 19.1. The van der Waals surface area contributed by atoms with Crippen LogP contribution >= 0.6 is 11.8 Å². The van der Waals surface area contributed by atoms with E-state index in [4.69, 9.17) is 0 Å². The van der Waals surface area contributed by atoms with E-state index < -0.39 is 0 Å². The van der Waals surface area contributed by atoms with Crippen LogP contribution in [-0.4, -0.2) is 77.8 Å². The summed E-state index contributed by atoms with van der Waals surface area (Å²) < 4.78 is 0. The lowest BCUT2D eigenvalue weighted by atomic mass is 9.93. The lowest BCUT2D eigenvalue weighted by molar-refractivity contribution is -0.131. The lowest BCUT2D eigenvalue weighted by Gasteiger charge is -2.26. The summed E-state index contributed by atoms with van der Waals surface area (Å²) in [5.41, 5.74) is 0. The Bertz CT molecular complexity index is 465. The minimum absolute atomic E-state index is 0.0110. The molecule has 2 aliphatic heterocycles. The highest BCUT2D eigenvalue weighted by Crippen LogP contribution is 2.20. The Hall–Kier alpha value is -0.830. The molecule has 0 bridgehead atoms. The molecule has 142 valence electrons. The Labute approximate surface area is 153 Å². The summed E-state index contributed by atoms with van der Waals surface area (Å²) in [4.78, 5) is 26.3. The molecule has 0 spiro atoms. The quantitative estimate of drug-likeness (QED) is 0.504. The summed E-state index contributed by atoms with van der Waals surface area (Å²) in [6.07, 6.45) is 4.13. The number of nitrogens with zero attached hydrogens (tertiary/aromatic N) is 1. The van der Waals surface area contributed by atoms with Gasteiger partial charge < -0.3 is 26.0 Å². The van der Waals surface area contributed by atoms with E-state index in [9.17, 15) is 14.7 Å². The van der Waals surface area contributed by atoms with Crippen LogP contribution in [0.3, 0.4) is 0 Å². The van der Waals surface area contributed by atoms with E-state index in [2.05, 4.69) is 16.0 Å². The predicted octanol–water partition coefficient (Wildman–Crippen LogP) is -0.493. The second-order valence-corrected chi connectivity index (χ2v) is 8.47. The first-order valence-electron chi connectivity index (χ1n) is 9.40. The van der Waals surface area contributed by atoms with Crippen LogP contribution in [0.5, 0.6) is 0 Å². The van der Waals surface area contributed by atoms with Crippen LogP contribution in [0.15, 0.2) is 0 Å². The standard InChI is InChI=1S/C17H30N4O3S/c22-14-3-1-13(2-4-14)18-10-16(23)20-9-12-7-15(19-8-12)17(24)21-5-6-25-11-21/h12-15,18-19,22H,1-11H2,(H,20,23). The highest BCUT2D eigenvalue weighted by Gasteiger charge is 2.33. The number of aliphatic hydroxyl groups excluding tert-OH is 1. The van der Waals surface area contributed by atoms with Crippen molar-refractivity contribution < 1.29 is 14.7 Å². The molecule has 25 heavy (non-hydrogen) atoms. The predicted molar refractivity (Wildman–Crippen MR) is 98.2 cm³/mol. The summed E-state index contributed by atoms with van der Waals surface area (Å²) >= 11 is 1.80. The molecule has 3 fully saturated rings. The molecule has 0 radical (unpaired) electrons. The molecule has 2 atom stereocenters. The molecule has 3 aliphatic rings. The Morgan fingerprint density at radius 3 is 2.76 bits per heavy atom. The highest BCUT2D eigenvalue weighted by atomic mass is 32.2. The lowest BCUT2D eigenvalue weighted by Crippen LogP contribution is -2.42. The normalized spacial score (nSPS) is 32.8. The van der Waals surface area contributed by atoms with E-state index in [0.29, 0.717) is 25.0 Å². The second kappa shape index (κ2) is 9.21. The molecule has 2 heterocycles. The van der Waals surface area contributed by atoms with Gasteiger partial charge in [-0.1, -0.05) is 0 Å². The molecule has 2 saturated heterocycles. The van der Waals surface area contributed by atoms with Crippen molar-refractivity contribution in [3.63, 3.8) is 0 Å². The van der Waals surface area contributed by atoms with E-state index >= 15 is 0 Å². The third kappa shape index (κ3) is 5.57. The van der Waals surface area contributed by atoms with Crippen LogP contribution in [-0.2, 0) is 9.59 Å². The van der Waals surface area contributed by atoms with E-state index in [-0.39, 0.29) is 24.0 Å². The van der Waals surface area contributed by atoms with Gasteiger partial charge in [-0.05, 0) is 38.0 Å². The number of hydrogen-bond acceptors (Lipinski definition) is 6. The van der Waals surface area contributed by atoms with E-state index in [1.54, 1.807) is 11.8 Å². The van der Waals surface area contributed by atoms with Gasteiger partial charge in [-0.25, -0.2) is 0 Å². The number of carbonyl (C=O) groups is 2. The van der Waals surface area contributed by atoms with E-state index in [0.717, 1.165) is 56.8 Å². The van der Waals surface area contributed by atoms with Crippen LogP contribution in [0, 0.1) is 5.92 Å². The van der Waals surface area contributed by atoms with Gasteiger partial charge in [-0.15, -0.1) is 11.8 Å². The molecule has 0 aromatic carbocycles. The first-order chi connectivity index (χ1) is 12.1. The van der Waals surface area contributed by atoms with Gasteiger partial charge in [0.15, 0.2) is 0 Å². The van der Waals surface area contributed by atoms with Gasteiger partial charge in [0.05, 0.1) is 24.6 Å². The fourth-order valence-corrected chi connectivity index (χ4v) is 4.75. The molecular weight excluding hydrogens is 340 g/mol. The van der Waals surface area contributed by atoms with Crippen molar-refractivity contribution in [2.75, 3.05) is 37.8 Å². The second-order valence-electron chi connectivity index (χ2n) is 7.39. The fourth-order valence-electron chi connectivity index (χ4n) is 3.80. The number of hydrogen-bond donors (Lipinski definition) is 4. The zero-order valence-corrected chi connectivity index (χ0v) is 15.5. The number of aliphatic hydroxyl groups is 1. The minimum Gasteiger partial charge on any atom is -0.393 e. The smallest absolute Gasteiger partial charge is 0.240 e. The summed E-state index contributed by atoms with van der Waals surface area (Å²) in [6.45, 7) is 2.59. The molecule has 1 saturated carbocycles. The summed E-state index contributed by atoms with van der Waals surface area (Å²) in [7, 11) is 0. The van der Waals surface area contributed by atoms with Crippen LogP contribution in [0.25, 0.3) is 0 Å². The average molecular weight is 371 g/mol. The zero-order valence-electron chi connectivity index (χ0n) is 14.7. The van der Waals surface area contributed by atoms with Crippen molar-refractivity contribution >= 4 is 23.6 Å². The Morgan fingerprint density at radius 2 is 2.04 bits per heavy atom. The number of rotatable bonds is 6. The summed E-state index contributed by atoms with van der Waals surface area (Å²) in [5.74, 6) is 2.38. The summed E-state index contributed by atoms with van der Waals surface area (Å²) in [6, 6.07) is 0.245. The molecule has 8 heteroatoms. The van der Waals surface area contributed by atoms with Crippen molar-refractivity contribution in [2.24, 2.45) is 5.92 Å². The SMILES string of the molecule is O=C(CNC1CCC(O)CC1)NCC1CNC(C(=O)N2CCSC2)C1. The maximum atomic E-state index is 12.4. The third-order valence-electron chi connectivity index (χ3n) is 5.42. The van der Waals surface area contributed by atoms with Gasteiger partial charge in [-0.2, -0.15) is 0 Å². The van der Waals surface area contributed by atoms with Crippen LogP contribution < -0.4 is 16.0 Å². The van der Waals surface area contributed by atoms with E-state index in [1.165, 1.54) is 0 Å². The van der Waals surface area contributed by atoms with Crippen LogP contribution in [0.4, 0.5) is 0 Å². The van der Waals surface area contributed by atoms with Gasteiger partial charge in [-0.3, -0.25) is 9.59 Å². The molecule has 3 rings (SSSR count). The molecule has 1 aliphatic carbocycles. The maximum Gasteiger partial charge on any atom is 0.240 e. The van der Waals surface area contributed by atoms with Gasteiger partial charge in [0.1, 0.15) is 0 Å². The van der Waals surface area contributed by atoms with E-state index in [1.807, 2.05) is 4.90 Å². The third-order valence-corrected chi connectivity index (χ3v) is 6.39. The van der Waals surface area contributed by atoms with Crippen molar-refractivity contribution in [3.8, 4) is 0 Å². The first kappa shape index (κ1) is 18.9. The molecular formula is C17H30N4O3S. The number of carbonyl (C=O) groups excluding carboxylic acids is 2. The van der Waals surface area contributed by atoms with Crippen molar-refractivity contribution in [1.29, 1.82) is 0 Å². The fraction of sp³-hybridized carbons (Fsp3) is 0.882. The highest BCUT2D eigenvalue weighted by molar-refractivity contribution is 7.99. The zero-order chi connectivity index (χ0) is 17.6. The Balaban J connectivity index is 1.29. The molecule has 0 aromatic heterocycles. The maximum absolute atomic E-state index is 12.4. The molecule has 2 unspecified atom stereocenters. The minimum atomic E-state index is -0.170. The van der Waals surface area contributed by atoms with Crippen molar-refractivity contribution in [2.45, 2.75) is 50.3 Å². The monoisotopic (exact) mass is 370 g/mol. The Kier molecular flexibility index (Phi) is 6.98. The number of amides is 2. The van der Waals surface area contributed by atoms with Crippen LogP contribution in [0.1, 0.15) is 32.1 Å². The van der Waals surface area contributed by atoms with Crippen molar-refractivity contribution in [1.82, 2.24) is 20.9 Å². The van der Waals surface area contributed by atoms with Gasteiger partial charge >= 0.3 is 0 Å². The number of thioether (sulfide) groups is 1. The molecule has 2 amide bonds. The molecule has 7 nitrogen and oxygen atoms in total. The number of nitrogens with one attached hydrogen (secondary N) is 3. The van der Waals surface area contributed by atoms with Gasteiger partial charge in [0.2, 0.25) is 11.8 Å². The average Bonchev–Trinajstić information content (AvgIpc) is 3.30. The molecule has 4 N–H and O–H groups in total. The molecule has 0 aromatic rings. The van der Waals surface area contributed by atoms with Gasteiger partial charge in [0.25, 0.3) is 0 Å². The van der Waals surface area contributed by atoms with Crippen LogP contribution in [0.2, 0.25) is 0 Å². The topological polar surface area (TPSA) is 93.7 Å².